The van der Waals surface area contributed by atoms with E-state index in [1.807, 2.05) is 36.4 Å². The summed E-state index contributed by atoms with van der Waals surface area (Å²) in [6.45, 7) is 2.10. The van der Waals surface area contributed by atoms with E-state index in [2.05, 4.69) is 41.2 Å². The molecule has 3 heteroatoms. The first-order valence-corrected chi connectivity index (χ1v) is 6.71. The average molecular weight is 263 g/mol. The highest BCUT2D eigenvalue weighted by molar-refractivity contribution is 6.08. The van der Waals surface area contributed by atoms with Gasteiger partial charge in [0.1, 0.15) is 0 Å². The molecule has 0 radical (unpaired) electrons. The third-order valence-corrected chi connectivity index (χ3v) is 3.63. The van der Waals surface area contributed by atoms with Gasteiger partial charge in [-0.05, 0) is 18.1 Å². The van der Waals surface area contributed by atoms with Crippen LogP contribution in [0.4, 0.5) is 0 Å². The molecule has 0 fully saturated rings. The number of hydrogen-bond donors (Lipinski definition) is 1. The van der Waals surface area contributed by atoms with E-state index in [4.69, 9.17) is 5.73 Å². The number of benzene rings is 2. The van der Waals surface area contributed by atoms with Crippen LogP contribution in [0.5, 0.6) is 0 Å². The van der Waals surface area contributed by atoms with Gasteiger partial charge in [0.2, 0.25) is 5.96 Å². The smallest absolute Gasteiger partial charge is 0.216 e. The lowest BCUT2D eigenvalue weighted by Crippen LogP contribution is -2.32. The maximum atomic E-state index is 5.94. The maximum absolute atomic E-state index is 5.94. The lowest BCUT2D eigenvalue weighted by molar-refractivity contribution is 0.513. The maximum Gasteiger partial charge on any atom is 0.216 e. The molecule has 0 aromatic heterocycles. The van der Waals surface area contributed by atoms with Crippen molar-refractivity contribution in [2.45, 2.75) is 18.9 Å². The van der Waals surface area contributed by atoms with Gasteiger partial charge in [-0.1, -0.05) is 60.7 Å². The van der Waals surface area contributed by atoms with Gasteiger partial charge in [-0.15, -0.1) is 0 Å². The number of rotatable bonds is 2. The molecule has 20 heavy (non-hydrogen) atoms. The van der Waals surface area contributed by atoms with Crippen molar-refractivity contribution in [2.75, 3.05) is 0 Å². The Balaban J connectivity index is 2.01. The van der Waals surface area contributed by atoms with Gasteiger partial charge in [-0.2, -0.15) is 0 Å². The SMILES string of the molecule is CC1(c2ccccc2)CC(c2ccccc2)=NC(N)=N1. The highest BCUT2D eigenvalue weighted by Gasteiger charge is 2.31. The van der Waals surface area contributed by atoms with Gasteiger partial charge in [0.25, 0.3) is 0 Å². The van der Waals surface area contributed by atoms with Crippen LogP contribution >= 0.6 is 0 Å². The van der Waals surface area contributed by atoms with E-state index in [0.29, 0.717) is 5.96 Å². The van der Waals surface area contributed by atoms with Crippen LogP contribution in [0, 0.1) is 0 Å². The summed E-state index contributed by atoms with van der Waals surface area (Å²) in [7, 11) is 0. The molecule has 0 spiro atoms. The van der Waals surface area contributed by atoms with Crippen LogP contribution in [0.2, 0.25) is 0 Å². The summed E-state index contributed by atoms with van der Waals surface area (Å²) in [5.41, 5.74) is 8.84. The van der Waals surface area contributed by atoms with E-state index in [1.165, 1.54) is 0 Å². The second-order valence-corrected chi connectivity index (χ2v) is 5.21. The monoisotopic (exact) mass is 263 g/mol. The van der Waals surface area contributed by atoms with Crippen molar-refractivity contribution >= 4 is 11.7 Å². The molecule has 3 rings (SSSR count). The minimum absolute atomic E-state index is 0.349. The first-order valence-electron chi connectivity index (χ1n) is 6.71. The van der Waals surface area contributed by atoms with Crippen LogP contribution in [0.15, 0.2) is 70.6 Å². The van der Waals surface area contributed by atoms with E-state index >= 15 is 0 Å². The Morgan fingerprint density at radius 1 is 0.950 bits per heavy atom. The summed E-state index contributed by atoms with van der Waals surface area (Å²) >= 11 is 0. The Morgan fingerprint density at radius 2 is 1.55 bits per heavy atom. The second kappa shape index (κ2) is 4.93. The third kappa shape index (κ3) is 2.35. The molecule has 100 valence electrons. The van der Waals surface area contributed by atoms with Crippen LogP contribution in [0.1, 0.15) is 24.5 Å². The molecule has 0 bridgehead atoms. The zero-order valence-corrected chi connectivity index (χ0v) is 11.5. The first kappa shape index (κ1) is 12.6. The molecule has 1 aliphatic rings. The standard InChI is InChI=1S/C17H17N3/c1-17(14-10-6-3-7-11-14)12-15(19-16(18)20-17)13-8-4-2-5-9-13/h2-11H,12H2,1H3,(H2,18,20). The first-order chi connectivity index (χ1) is 9.67. The fourth-order valence-corrected chi connectivity index (χ4v) is 2.58. The molecule has 2 aromatic carbocycles. The Hall–Kier alpha value is -2.42. The molecule has 1 heterocycles. The van der Waals surface area contributed by atoms with Gasteiger partial charge in [0.15, 0.2) is 0 Å². The van der Waals surface area contributed by atoms with Crippen LogP contribution < -0.4 is 5.73 Å². The fourth-order valence-electron chi connectivity index (χ4n) is 2.58. The van der Waals surface area contributed by atoms with Gasteiger partial charge >= 0.3 is 0 Å². The summed E-state index contributed by atoms with van der Waals surface area (Å²) in [6, 6.07) is 20.4. The number of nitrogens with zero attached hydrogens (tertiary/aromatic N) is 2. The van der Waals surface area contributed by atoms with Crippen LogP contribution in [-0.4, -0.2) is 11.7 Å². The second-order valence-electron chi connectivity index (χ2n) is 5.21. The Bertz CT molecular complexity index is 659. The molecule has 0 saturated carbocycles. The average Bonchev–Trinajstić information content (AvgIpc) is 2.48. The molecule has 1 unspecified atom stereocenters. The lowest BCUT2D eigenvalue weighted by atomic mass is 9.85. The minimum atomic E-state index is -0.349. The topological polar surface area (TPSA) is 50.7 Å². The number of aliphatic imine (C=N–C) groups is 2. The number of guanidine groups is 1. The van der Waals surface area contributed by atoms with Crippen LogP contribution in [0.3, 0.4) is 0 Å². The molecular weight excluding hydrogens is 246 g/mol. The predicted molar refractivity (Wildman–Crippen MR) is 83.0 cm³/mol. The third-order valence-electron chi connectivity index (χ3n) is 3.63. The largest absolute Gasteiger partial charge is 0.368 e. The molecule has 0 amide bonds. The van der Waals surface area contributed by atoms with Gasteiger partial charge in [0.05, 0.1) is 11.3 Å². The molecule has 0 aliphatic carbocycles. The van der Waals surface area contributed by atoms with E-state index in [-0.39, 0.29) is 5.54 Å². The van der Waals surface area contributed by atoms with Crippen LogP contribution in [-0.2, 0) is 5.54 Å². The van der Waals surface area contributed by atoms with Crippen molar-refractivity contribution in [3.63, 3.8) is 0 Å². The quantitative estimate of drug-likeness (QED) is 0.889. The van der Waals surface area contributed by atoms with Crippen LogP contribution in [0.25, 0.3) is 0 Å². The zero-order valence-electron chi connectivity index (χ0n) is 11.5. The summed E-state index contributed by atoms with van der Waals surface area (Å²) in [6.07, 6.45) is 0.752. The van der Waals surface area contributed by atoms with Gasteiger partial charge in [-0.25, -0.2) is 9.98 Å². The van der Waals surface area contributed by atoms with Crippen molar-refractivity contribution in [1.82, 2.24) is 0 Å². The molecular formula is C17H17N3. The fraction of sp³-hybridized carbons (Fsp3) is 0.176. The summed E-state index contributed by atoms with van der Waals surface area (Å²) in [5, 5.41) is 0. The minimum Gasteiger partial charge on any atom is -0.368 e. The Kier molecular flexibility index (Phi) is 3.11. The number of nitrogens with two attached hydrogens (primary N) is 1. The normalized spacial score (nSPS) is 22.1. The molecule has 2 aromatic rings. The highest BCUT2D eigenvalue weighted by atomic mass is 15.1. The number of hydrogen-bond acceptors (Lipinski definition) is 3. The summed E-state index contributed by atoms with van der Waals surface area (Å²) < 4.78 is 0. The van der Waals surface area contributed by atoms with Crippen molar-refractivity contribution in [1.29, 1.82) is 0 Å². The zero-order chi connectivity index (χ0) is 14.0. The van der Waals surface area contributed by atoms with Gasteiger partial charge in [-0.3, -0.25) is 0 Å². The lowest BCUT2D eigenvalue weighted by Gasteiger charge is -2.29. The molecule has 3 nitrogen and oxygen atoms in total. The van der Waals surface area contributed by atoms with E-state index < -0.39 is 0 Å². The van der Waals surface area contributed by atoms with Crippen molar-refractivity contribution in [2.24, 2.45) is 15.7 Å². The van der Waals surface area contributed by atoms with E-state index in [0.717, 1.165) is 23.3 Å². The Labute approximate surface area is 118 Å². The molecule has 0 saturated heterocycles. The van der Waals surface area contributed by atoms with Gasteiger partial charge < -0.3 is 5.73 Å². The molecule has 1 atom stereocenters. The van der Waals surface area contributed by atoms with Gasteiger partial charge in [0, 0.05) is 6.42 Å². The Morgan fingerprint density at radius 3 is 2.20 bits per heavy atom. The van der Waals surface area contributed by atoms with Crippen molar-refractivity contribution in [3.8, 4) is 0 Å². The highest BCUT2D eigenvalue weighted by Crippen LogP contribution is 2.33. The molecule has 2 N–H and O–H groups in total. The van der Waals surface area contributed by atoms with E-state index in [9.17, 15) is 0 Å². The molecule has 1 aliphatic heterocycles. The summed E-state index contributed by atoms with van der Waals surface area (Å²) in [5.74, 6) is 0.349. The van der Waals surface area contributed by atoms with Crippen molar-refractivity contribution < 1.29 is 0 Å². The predicted octanol–water partition coefficient (Wildman–Crippen LogP) is 3.11. The van der Waals surface area contributed by atoms with E-state index in [1.54, 1.807) is 0 Å². The van der Waals surface area contributed by atoms with Crippen molar-refractivity contribution in [3.05, 3.63) is 71.8 Å². The summed E-state index contributed by atoms with van der Waals surface area (Å²) in [4.78, 5) is 8.98.